The van der Waals surface area contributed by atoms with E-state index in [-0.39, 0.29) is 36.0 Å². The third kappa shape index (κ3) is 4.42. The molecule has 1 aromatic carbocycles. The molecule has 1 aliphatic rings. The number of piperazine rings is 1. The summed E-state index contributed by atoms with van der Waals surface area (Å²) in [5.41, 5.74) is 1.70. The van der Waals surface area contributed by atoms with E-state index in [2.05, 4.69) is 22.3 Å². The molecule has 0 bridgehead atoms. The highest BCUT2D eigenvalue weighted by Gasteiger charge is 2.22. The summed E-state index contributed by atoms with van der Waals surface area (Å²) in [4.78, 5) is 41.1. The maximum Gasteiger partial charge on any atom is 0.274 e. The van der Waals surface area contributed by atoms with Crippen molar-refractivity contribution in [3.8, 4) is 0 Å². The summed E-state index contributed by atoms with van der Waals surface area (Å²) in [6.07, 6.45) is 0.290. The fourth-order valence-corrected chi connectivity index (χ4v) is 3.29. The number of para-hydroxylation sites is 1. The Hall–Kier alpha value is -3.09. The molecular formula is C21H26N4O3. The van der Waals surface area contributed by atoms with E-state index in [0.717, 1.165) is 18.8 Å². The number of benzene rings is 1. The van der Waals surface area contributed by atoms with Gasteiger partial charge in [-0.15, -0.1) is 0 Å². The van der Waals surface area contributed by atoms with Gasteiger partial charge in [0.2, 0.25) is 11.8 Å². The zero-order valence-corrected chi connectivity index (χ0v) is 16.4. The van der Waals surface area contributed by atoms with Crippen molar-refractivity contribution in [2.75, 3.05) is 36.4 Å². The van der Waals surface area contributed by atoms with E-state index in [4.69, 9.17) is 0 Å². The molecule has 2 heterocycles. The summed E-state index contributed by atoms with van der Waals surface area (Å²) in [5.74, 6) is -0.312. The highest BCUT2D eigenvalue weighted by molar-refractivity contribution is 5.90. The number of carbonyl (C=O) groups excluding carboxylic acids is 2. The van der Waals surface area contributed by atoms with E-state index in [1.165, 1.54) is 4.57 Å². The van der Waals surface area contributed by atoms with Crippen LogP contribution in [0.5, 0.6) is 0 Å². The number of hydrogen-bond acceptors (Lipinski definition) is 4. The van der Waals surface area contributed by atoms with Gasteiger partial charge in [0.15, 0.2) is 0 Å². The van der Waals surface area contributed by atoms with Crippen molar-refractivity contribution >= 4 is 23.2 Å². The number of anilines is 2. The number of nitrogens with zero attached hydrogens (tertiary/aromatic N) is 3. The topological polar surface area (TPSA) is 74.7 Å². The van der Waals surface area contributed by atoms with E-state index in [1.54, 1.807) is 30.9 Å². The molecule has 1 aliphatic heterocycles. The Kier molecular flexibility index (Phi) is 6.13. The molecule has 0 saturated carbocycles. The van der Waals surface area contributed by atoms with Crippen LogP contribution in [0.15, 0.2) is 47.3 Å². The fourth-order valence-electron chi connectivity index (χ4n) is 3.29. The maximum absolute atomic E-state index is 12.8. The molecule has 148 valence electrons. The molecule has 0 unspecified atom stereocenters. The molecule has 3 rings (SSSR count). The van der Waals surface area contributed by atoms with Gasteiger partial charge in [0.05, 0.1) is 0 Å². The first-order chi connectivity index (χ1) is 13.5. The van der Waals surface area contributed by atoms with Crippen molar-refractivity contribution in [1.82, 2.24) is 9.47 Å². The lowest BCUT2D eigenvalue weighted by Gasteiger charge is -2.36. The van der Waals surface area contributed by atoms with Crippen LogP contribution in [0.4, 0.5) is 11.4 Å². The molecule has 0 radical (unpaired) electrons. The van der Waals surface area contributed by atoms with Crippen LogP contribution in [0, 0.1) is 6.92 Å². The molecule has 1 saturated heterocycles. The van der Waals surface area contributed by atoms with E-state index < -0.39 is 0 Å². The average Bonchev–Trinajstić information content (AvgIpc) is 2.73. The van der Waals surface area contributed by atoms with Crippen LogP contribution < -0.4 is 15.8 Å². The number of hydrogen-bond donors (Lipinski definition) is 1. The molecule has 2 aromatic rings. The van der Waals surface area contributed by atoms with Gasteiger partial charge in [-0.25, -0.2) is 0 Å². The van der Waals surface area contributed by atoms with Crippen molar-refractivity contribution in [2.24, 2.45) is 0 Å². The third-order valence-corrected chi connectivity index (χ3v) is 5.03. The first-order valence-electron chi connectivity index (χ1n) is 9.57. The summed E-state index contributed by atoms with van der Waals surface area (Å²) >= 11 is 0. The minimum Gasteiger partial charge on any atom is -0.368 e. The third-order valence-electron chi connectivity index (χ3n) is 5.03. The Morgan fingerprint density at radius 3 is 2.32 bits per heavy atom. The van der Waals surface area contributed by atoms with Crippen molar-refractivity contribution in [2.45, 2.75) is 26.8 Å². The summed E-state index contributed by atoms with van der Waals surface area (Å²) in [5, 5.41) is 2.60. The van der Waals surface area contributed by atoms with Crippen LogP contribution in [0.1, 0.15) is 19.0 Å². The van der Waals surface area contributed by atoms with E-state index in [0.29, 0.717) is 18.8 Å². The summed E-state index contributed by atoms with van der Waals surface area (Å²) in [6.45, 7) is 6.24. The number of aromatic nitrogens is 1. The predicted octanol–water partition coefficient (Wildman–Crippen LogP) is 1.85. The van der Waals surface area contributed by atoms with Gasteiger partial charge in [-0.1, -0.05) is 25.1 Å². The molecule has 7 heteroatoms. The molecule has 28 heavy (non-hydrogen) atoms. The van der Waals surface area contributed by atoms with Crippen molar-refractivity contribution in [1.29, 1.82) is 0 Å². The molecule has 2 amide bonds. The minimum absolute atomic E-state index is 0.0220. The molecular weight excluding hydrogens is 356 g/mol. The Morgan fingerprint density at radius 2 is 1.68 bits per heavy atom. The van der Waals surface area contributed by atoms with Gasteiger partial charge in [-0.2, -0.15) is 0 Å². The van der Waals surface area contributed by atoms with Gasteiger partial charge in [0.25, 0.3) is 5.56 Å². The predicted molar refractivity (Wildman–Crippen MR) is 110 cm³/mol. The number of carbonyl (C=O) groups is 2. The Balaban J connectivity index is 1.66. The Labute approximate surface area is 164 Å². The smallest absolute Gasteiger partial charge is 0.274 e. The van der Waals surface area contributed by atoms with Gasteiger partial charge >= 0.3 is 0 Å². The normalized spacial score (nSPS) is 14.1. The van der Waals surface area contributed by atoms with Gasteiger partial charge in [0.1, 0.15) is 12.2 Å². The lowest BCUT2D eigenvalue weighted by atomic mass is 10.2. The molecule has 0 aliphatic carbocycles. The van der Waals surface area contributed by atoms with Crippen LogP contribution in [0.3, 0.4) is 0 Å². The highest BCUT2D eigenvalue weighted by atomic mass is 16.2. The number of aryl methyl sites for hydroxylation is 1. The van der Waals surface area contributed by atoms with Gasteiger partial charge in [0, 0.05) is 44.0 Å². The molecule has 7 nitrogen and oxygen atoms in total. The minimum atomic E-state index is -0.349. The summed E-state index contributed by atoms with van der Waals surface area (Å²) in [6, 6.07) is 13.5. The molecule has 1 aromatic heterocycles. The maximum atomic E-state index is 12.8. The molecule has 1 N–H and O–H groups in total. The lowest BCUT2D eigenvalue weighted by molar-refractivity contribution is -0.132. The van der Waals surface area contributed by atoms with E-state index in [9.17, 15) is 14.4 Å². The van der Waals surface area contributed by atoms with Crippen LogP contribution in [-0.4, -0.2) is 47.5 Å². The van der Waals surface area contributed by atoms with Crippen LogP contribution >= 0.6 is 0 Å². The van der Waals surface area contributed by atoms with Crippen LogP contribution in [0.25, 0.3) is 0 Å². The van der Waals surface area contributed by atoms with Crippen LogP contribution in [-0.2, 0) is 16.1 Å². The molecule has 0 atom stereocenters. The average molecular weight is 382 g/mol. The first-order valence-corrected chi connectivity index (χ1v) is 9.57. The van der Waals surface area contributed by atoms with Crippen molar-refractivity contribution in [3.63, 3.8) is 0 Å². The summed E-state index contributed by atoms with van der Waals surface area (Å²) in [7, 11) is 0. The number of nitrogens with one attached hydrogen (secondary N) is 1. The number of pyridine rings is 1. The van der Waals surface area contributed by atoms with Gasteiger partial charge in [-0.3, -0.25) is 14.4 Å². The monoisotopic (exact) mass is 382 g/mol. The first kappa shape index (κ1) is 19.7. The summed E-state index contributed by atoms with van der Waals surface area (Å²) < 4.78 is 1.43. The second-order valence-corrected chi connectivity index (χ2v) is 6.88. The highest BCUT2D eigenvalue weighted by Crippen LogP contribution is 2.16. The lowest BCUT2D eigenvalue weighted by Crippen LogP contribution is -2.50. The molecule has 1 fully saturated rings. The zero-order chi connectivity index (χ0) is 20.1. The zero-order valence-electron chi connectivity index (χ0n) is 16.4. The van der Waals surface area contributed by atoms with Crippen LogP contribution in [0.2, 0.25) is 0 Å². The van der Waals surface area contributed by atoms with E-state index >= 15 is 0 Å². The molecule has 0 spiro atoms. The second kappa shape index (κ2) is 8.73. The number of amides is 2. The second-order valence-electron chi connectivity index (χ2n) is 6.88. The largest absolute Gasteiger partial charge is 0.368 e. The van der Waals surface area contributed by atoms with Gasteiger partial charge < -0.3 is 19.7 Å². The SMILES string of the molecule is CCC(=O)Nc1ccc(C)n(CC(=O)N2CCN(c3ccccc3)CC2)c1=O. The van der Waals surface area contributed by atoms with Gasteiger partial charge in [-0.05, 0) is 31.2 Å². The standard InChI is InChI=1S/C21H26N4O3/c1-3-19(26)22-18-10-9-16(2)25(21(18)28)15-20(27)24-13-11-23(12-14-24)17-7-5-4-6-8-17/h4-10H,3,11-15H2,1-2H3,(H,22,26). The fraction of sp³-hybridized carbons (Fsp3) is 0.381. The number of rotatable bonds is 5. The van der Waals surface area contributed by atoms with Crippen molar-refractivity contribution < 1.29 is 9.59 Å². The Bertz CT molecular complexity index is 900. The van der Waals surface area contributed by atoms with Crippen molar-refractivity contribution in [3.05, 3.63) is 58.5 Å². The Morgan fingerprint density at radius 1 is 1.00 bits per heavy atom. The quantitative estimate of drug-likeness (QED) is 0.857. The van der Waals surface area contributed by atoms with E-state index in [1.807, 2.05) is 18.2 Å².